The molecule has 3 N–H and O–H groups in total. The Morgan fingerprint density at radius 1 is 1.26 bits per heavy atom. The van der Waals surface area contributed by atoms with Crippen molar-refractivity contribution in [1.29, 1.82) is 0 Å². The van der Waals surface area contributed by atoms with Crippen molar-refractivity contribution in [3.05, 3.63) is 29.8 Å². The third-order valence-corrected chi connectivity index (χ3v) is 4.52. The van der Waals surface area contributed by atoms with Crippen molar-refractivity contribution in [2.75, 3.05) is 7.11 Å². The number of benzene rings is 1. The van der Waals surface area contributed by atoms with Crippen LogP contribution >= 0.6 is 0 Å². The molecule has 0 aliphatic heterocycles. The molecule has 1 aromatic carbocycles. The standard InChI is InChI=1S/C18H23F3N2O4/c1-26-16(24)10-15(23-17(25)12-3-2-4-13(22)9-12)11-5-7-14(8-6-11)27-18(19,20)21/h5-8,12-13,15H,2-4,9-10,22H2,1H3,(H,23,25). The second kappa shape index (κ2) is 9.07. The first-order valence-electron chi connectivity index (χ1n) is 8.66. The Labute approximate surface area is 155 Å². The quantitative estimate of drug-likeness (QED) is 0.732. The molecule has 3 atom stereocenters. The van der Waals surface area contributed by atoms with Crippen LogP contribution in [0.3, 0.4) is 0 Å². The minimum atomic E-state index is -4.79. The fraction of sp³-hybridized carbons (Fsp3) is 0.556. The Hall–Kier alpha value is -2.29. The number of halogens is 3. The monoisotopic (exact) mass is 388 g/mol. The molecule has 1 aliphatic carbocycles. The molecule has 27 heavy (non-hydrogen) atoms. The number of nitrogens with one attached hydrogen (secondary N) is 1. The lowest BCUT2D eigenvalue weighted by Gasteiger charge is -2.28. The molecule has 1 aliphatic rings. The van der Waals surface area contributed by atoms with E-state index in [0.717, 1.165) is 25.0 Å². The summed E-state index contributed by atoms with van der Waals surface area (Å²) in [6.45, 7) is 0. The van der Waals surface area contributed by atoms with E-state index in [9.17, 15) is 22.8 Å². The van der Waals surface area contributed by atoms with Crippen molar-refractivity contribution in [1.82, 2.24) is 5.32 Å². The fourth-order valence-corrected chi connectivity index (χ4v) is 3.16. The molecule has 6 nitrogen and oxygen atoms in total. The van der Waals surface area contributed by atoms with Crippen LogP contribution < -0.4 is 15.8 Å². The molecule has 1 amide bonds. The maximum Gasteiger partial charge on any atom is 0.573 e. The molecule has 2 rings (SSSR count). The smallest absolute Gasteiger partial charge is 0.469 e. The van der Waals surface area contributed by atoms with E-state index < -0.39 is 18.4 Å². The summed E-state index contributed by atoms with van der Waals surface area (Å²) in [6, 6.07) is 4.27. The van der Waals surface area contributed by atoms with Crippen LogP contribution in [0.15, 0.2) is 24.3 Å². The van der Waals surface area contributed by atoms with Crippen LogP contribution in [0.1, 0.15) is 43.7 Å². The second-order valence-electron chi connectivity index (χ2n) is 6.58. The number of amides is 1. The van der Waals surface area contributed by atoms with Crippen LogP contribution in [0.2, 0.25) is 0 Å². The molecule has 3 unspecified atom stereocenters. The van der Waals surface area contributed by atoms with Crippen LogP contribution in [-0.2, 0) is 14.3 Å². The number of methoxy groups -OCH3 is 1. The van der Waals surface area contributed by atoms with Crippen LogP contribution in [0.5, 0.6) is 5.75 Å². The van der Waals surface area contributed by atoms with E-state index in [4.69, 9.17) is 5.73 Å². The van der Waals surface area contributed by atoms with Gasteiger partial charge in [-0.1, -0.05) is 18.6 Å². The Bertz CT molecular complexity index is 649. The third-order valence-electron chi connectivity index (χ3n) is 4.52. The molecular formula is C18H23F3N2O4. The van der Waals surface area contributed by atoms with Gasteiger partial charge in [0.2, 0.25) is 5.91 Å². The van der Waals surface area contributed by atoms with Gasteiger partial charge >= 0.3 is 12.3 Å². The van der Waals surface area contributed by atoms with Gasteiger partial charge in [-0.3, -0.25) is 9.59 Å². The highest BCUT2D eigenvalue weighted by Crippen LogP contribution is 2.27. The van der Waals surface area contributed by atoms with Crippen molar-refractivity contribution in [2.24, 2.45) is 11.7 Å². The maximum atomic E-state index is 12.6. The lowest BCUT2D eigenvalue weighted by Crippen LogP contribution is -2.39. The number of rotatable bonds is 6. The number of hydrogen-bond donors (Lipinski definition) is 2. The average Bonchev–Trinajstić information content (AvgIpc) is 2.60. The molecule has 0 radical (unpaired) electrons. The van der Waals surface area contributed by atoms with E-state index >= 15 is 0 Å². The SMILES string of the molecule is COC(=O)CC(NC(=O)C1CCCC(N)C1)c1ccc(OC(F)(F)F)cc1. The number of hydrogen-bond acceptors (Lipinski definition) is 5. The summed E-state index contributed by atoms with van der Waals surface area (Å²) < 4.78 is 45.3. The number of ether oxygens (including phenoxy) is 2. The van der Waals surface area contributed by atoms with Gasteiger partial charge in [-0.2, -0.15) is 0 Å². The van der Waals surface area contributed by atoms with Gasteiger partial charge < -0.3 is 20.5 Å². The Morgan fingerprint density at radius 2 is 1.93 bits per heavy atom. The number of esters is 1. The molecule has 0 saturated heterocycles. The maximum absolute atomic E-state index is 12.6. The zero-order valence-corrected chi connectivity index (χ0v) is 14.9. The predicted molar refractivity (Wildman–Crippen MR) is 90.6 cm³/mol. The molecule has 9 heteroatoms. The van der Waals surface area contributed by atoms with Crippen molar-refractivity contribution in [2.45, 2.75) is 50.6 Å². The second-order valence-corrected chi connectivity index (χ2v) is 6.58. The largest absolute Gasteiger partial charge is 0.573 e. The van der Waals surface area contributed by atoms with E-state index in [1.54, 1.807) is 0 Å². The van der Waals surface area contributed by atoms with Crippen LogP contribution in [0.25, 0.3) is 0 Å². The van der Waals surface area contributed by atoms with E-state index in [0.29, 0.717) is 18.4 Å². The van der Waals surface area contributed by atoms with Crippen LogP contribution in [-0.4, -0.2) is 31.4 Å². The first kappa shape index (κ1) is 21.0. The van der Waals surface area contributed by atoms with E-state index in [-0.39, 0.29) is 30.0 Å². The van der Waals surface area contributed by atoms with Gasteiger partial charge in [0, 0.05) is 12.0 Å². The van der Waals surface area contributed by atoms with E-state index in [2.05, 4.69) is 14.8 Å². The van der Waals surface area contributed by atoms with Gasteiger partial charge in [-0.05, 0) is 37.0 Å². The lowest BCUT2D eigenvalue weighted by molar-refractivity contribution is -0.274. The normalized spacial score (nSPS) is 21.2. The summed E-state index contributed by atoms with van der Waals surface area (Å²) in [5.74, 6) is -1.40. The fourth-order valence-electron chi connectivity index (χ4n) is 3.16. The number of carbonyl (C=O) groups excluding carboxylic acids is 2. The Kier molecular flexibility index (Phi) is 7.06. The first-order valence-corrected chi connectivity index (χ1v) is 8.66. The van der Waals surface area contributed by atoms with Gasteiger partial charge in [0.1, 0.15) is 5.75 Å². The summed E-state index contributed by atoms with van der Waals surface area (Å²) in [5.41, 5.74) is 6.39. The lowest BCUT2D eigenvalue weighted by atomic mass is 9.85. The van der Waals surface area contributed by atoms with Crippen molar-refractivity contribution < 1.29 is 32.2 Å². The summed E-state index contributed by atoms with van der Waals surface area (Å²) in [4.78, 5) is 24.3. The van der Waals surface area contributed by atoms with E-state index in [1.165, 1.54) is 19.2 Å². The minimum absolute atomic E-state index is 0.0349. The highest BCUT2D eigenvalue weighted by molar-refractivity contribution is 5.80. The zero-order valence-electron chi connectivity index (χ0n) is 14.9. The van der Waals surface area contributed by atoms with Crippen molar-refractivity contribution in [3.63, 3.8) is 0 Å². The molecular weight excluding hydrogens is 365 g/mol. The van der Waals surface area contributed by atoms with Gasteiger partial charge in [0.15, 0.2) is 0 Å². The summed E-state index contributed by atoms with van der Waals surface area (Å²) in [6.07, 6.45) is -1.93. The summed E-state index contributed by atoms with van der Waals surface area (Å²) in [7, 11) is 1.22. The topological polar surface area (TPSA) is 90.7 Å². The molecule has 150 valence electrons. The molecule has 1 saturated carbocycles. The van der Waals surface area contributed by atoms with Crippen molar-refractivity contribution >= 4 is 11.9 Å². The number of carbonyl (C=O) groups is 2. The molecule has 0 aromatic heterocycles. The predicted octanol–water partition coefficient (Wildman–Crippen LogP) is 2.82. The third kappa shape index (κ3) is 6.74. The minimum Gasteiger partial charge on any atom is -0.469 e. The molecule has 1 aromatic rings. The highest BCUT2D eigenvalue weighted by Gasteiger charge is 2.31. The molecule has 0 bridgehead atoms. The molecule has 0 heterocycles. The average molecular weight is 388 g/mol. The molecule has 1 fully saturated rings. The highest BCUT2D eigenvalue weighted by atomic mass is 19.4. The van der Waals surface area contributed by atoms with Gasteiger partial charge in [-0.15, -0.1) is 13.2 Å². The molecule has 0 spiro atoms. The Balaban J connectivity index is 2.11. The number of alkyl halides is 3. The van der Waals surface area contributed by atoms with Gasteiger partial charge in [0.25, 0.3) is 0 Å². The first-order chi connectivity index (χ1) is 12.7. The zero-order chi connectivity index (χ0) is 20.0. The van der Waals surface area contributed by atoms with E-state index in [1.807, 2.05) is 0 Å². The van der Waals surface area contributed by atoms with Crippen molar-refractivity contribution in [3.8, 4) is 5.75 Å². The Morgan fingerprint density at radius 3 is 2.48 bits per heavy atom. The summed E-state index contributed by atoms with van der Waals surface area (Å²) in [5, 5.41) is 2.80. The summed E-state index contributed by atoms with van der Waals surface area (Å²) >= 11 is 0. The number of nitrogens with two attached hydrogens (primary N) is 1. The van der Waals surface area contributed by atoms with Gasteiger partial charge in [-0.25, -0.2) is 0 Å². The van der Waals surface area contributed by atoms with Crippen LogP contribution in [0, 0.1) is 5.92 Å². The van der Waals surface area contributed by atoms with Crippen LogP contribution in [0.4, 0.5) is 13.2 Å². The van der Waals surface area contributed by atoms with Gasteiger partial charge in [0.05, 0.1) is 19.6 Å².